The lowest BCUT2D eigenvalue weighted by Gasteiger charge is -2.09. The van der Waals surface area contributed by atoms with E-state index in [1.54, 1.807) is 6.33 Å². The number of hydrogen-bond acceptors (Lipinski definition) is 3. The van der Waals surface area contributed by atoms with Gasteiger partial charge in [-0.25, -0.2) is 9.97 Å². The average molecular weight is 235 g/mol. The van der Waals surface area contributed by atoms with Crippen LogP contribution in [0.25, 0.3) is 10.9 Å². The van der Waals surface area contributed by atoms with Crippen molar-refractivity contribution in [1.82, 2.24) is 9.97 Å². The number of hydrogen-bond donors (Lipinski definition) is 1. The summed E-state index contributed by atoms with van der Waals surface area (Å²) in [6.45, 7) is 2.07. The molecule has 88 valence electrons. The molecule has 0 fully saturated rings. The summed E-state index contributed by atoms with van der Waals surface area (Å²) >= 11 is 0. The van der Waals surface area contributed by atoms with Crippen LogP contribution in [-0.2, 0) is 0 Å². The predicted molar refractivity (Wildman–Crippen MR) is 74.0 cm³/mol. The average Bonchev–Trinajstić information content (AvgIpc) is 2.40. The van der Waals surface area contributed by atoms with Crippen LogP contribution in [-0.4, -0.2) is 9.97 Å². The van der Waals surface area contributed by atoms with E-state index in [1.807, 2.05) is 42.5 Å². The van der Waals surface area contributed by atoms with Gasteiger partial charge in [0.05, 0.1) is 5.52 Å². The maximum Gasteiger partial charge on any atom is 0.141 e. The Morgan fingerprint density at radius 2 is 1.72 bits per heavy atom. The molecule has 0 aliphatic heterocycles. The van der Waals surface area contributed by atoms with Crippen LogP contribution in [0.3, 0.4) is 0 Å². The first-order chi connectivity index (χ1) is 8.84. The molecule has 0 saturated carbocycles. The van der Waals surface area contributed by atoms with Gasteiger partial charge in [-0.2, -0.15) is 0 Å². The largest absolute Gasteiger partial charge is 0.340 e. The molecule has 0 bridgehead atoms. The molecule has 2 aromatic carbocycles. The van der Waals surface area contributed by atoms with Crippen molar-refractivity contribution in [3.05, 3.63) is 60.4 Å². The van der Waals surface area contributed by atoms with Gasteiger partial charge < -0.3 is 5.32 Å². The van der Waals surface area contributed by atoms with Gasteiger partial charge in [-0.1, -0.05) is 30.3 Å². The number of aromatic nitrogens is 2. The molecule has 3 aromatic rings. The number of benzene rings is 2. The molecular formula is C15H13N3. The molecular weight excluding hydrogens is 222 g/mol. The van der Waals surface area contributed by atoms with E-state index in [4.69, 9.17) is 0 Å². The zero-order chi connectivity index (χ0) is 12.4. The van der Waals surface area contributed by atoms with Crippen molar-refractivity contribution in [2.45, 2.75) is 6.92 Å². The third kappa shape index (κ3) is 1.91. The second-order valence-corrected chi connectivity index (χ2v) is 4.18. The number of rotatable bonds is 2. The van der Waals surface area contributed by atoms with E-state index < -0.39 is 0 Å². The molecule has 3 nitrogen and oxygen atoms in total. The molecule has 0 atom stereocenters. The lowest BCUT2D eigenvalue weighted by Crippen LogP contribution is -1.96. The van der Waals surface area contributed by atoms with Gasteiger partial charge in [0.25, 0.3) is 0 Å². The molecule has 0 spiro atoms. The van der Waals surface area contributed by atoms with E-state index in [0.717, 1.165) is 22.4 Å². The van der Waals surface area contributed by atoms with Gasteiger partial charge in [0, 0.05) is 11.1 Å². The summed E-state index contributed by atoms with van der Waals surface area (Å²) in [5, 5.41) is 4.41. The van der Waals surface area contributed by atoms with Gasteiger partial charge in [0.1, 0.15) is 12.1 Å². The number of anilines is 2. The zero-order valence-corrected chi connectivity index (χ0v) is 10.1. The van der Waals surface area contributed by atoms with Gasteiger partial charge in [-0.15, -0.1) is 0 Å². The summed E-state index contributed by atoms with van der Waals surface area (Å²) in [4.78, 5) is 8.63. The van der Waals surface area contributed by atoms with Crippen molar-refractivity contribution < 1.29 is 0 Å². The van der Waals surface area contributed by atoms with Gasteiger partial charge >= 0.3 is 0 Å². The van der Waals surface area contributed by atoms with Gasteiger partial charge in [0.15, 0.2) is 0 Å². The third-order valence-corrected chi connectivity index (χ3v) is 2.91. The van der Waals surface area contributed by atoms with Crippen LogP contribution in [0.4, 0.5) is 11.5 Å². The summed E-state index contributed by atoms with van der Waals surface area (Å²) in [7, 11) is 0. The van der Waals surface area contributed by atoms with Crippen molar-refractivity contribution in [2.24, 2.45) is 0 Å². The Morgan fingerprint density at radius 3 is 2.56 bits per heavy atom. The summed E-state index contributed by atoms with van der Waals surface area (Å²) < 4.78 is 0. The molecule has 18 heavy (non-hydrogen) atoms. The molecule has 0 aliphatic rings. The third-order valence-electron chi connectivity index (χ3n) is 2.91. The van der Waals surface area contributed by atoms with Gasteiger partial charge in [-0.05, 0) is 30.7 Å². The highest BCUT2D eigenvalue weighted by molar-refractivity contribution is 5.93. The number of aryl methyl sites for hydroxylation is 1. The molecule has 1 aromatic heterocycles. The maximum atomic E-state index is 4.34. The Hall–Kier alpha value is -2.42. The summed E-state index contributed by atoms with van der Waals surface area (Å²) in [5.41, 5.74) is 3.16. The topological polar surface area (TPSA) is 37.8 Å². The standard InChI is InChI=1S/C15H13N3/c1-11-6-5-9-13-14(11)15(17-10-16-13)18-12-7-3-2-4-8-12/h2-10H,1H3,(H,16,17,18). The number of nitrogens with one attached hydrogen (secondary N) is 1. The quantitative estimate of drug-likeness (QED) is 0.736. The molecule has 3 heteroatoms. The Bertz CT molecular complexity index is 672. The molecule has 0 unspecified atom stereocenters. The highest BCUT2D eigenvalue weighted by atomic mass is 15.0. The van der Waals surface area contributed by atoms with Crippen LogP contribution in [0, 0.1) is 6.92 Å². The Balaban J connectivity index is 2.12. The van der Waals surface area contributed by atoms with E-state index in [1.165, 1.54) is 5.56 Å². The van der Waals surface area contributed by atoms with E-state index in [0.29, 0.717) is 0 Å². The minimum Gasteiger partial charge on any atom is -0.340 e. The zero-order valence-electron chi connectivity index (χ0n) is 10.1. The van der Waals surface area contributed by atoms with Crippen LogP contribution in [0.1, 0.15) is 5.56 Å². The first-order valence-corrected chi connectivity index (χ1v) is 5.87. The van der Waals surface area contributed by atoms with Gasteiger partial charge in [-0.3, -0.25) is 0 Å². The van der Waals surface area contributed by atoms with E-state index in [-0.39, 0.29) is 0 Å². The van der Waals surface area contributed by atoms with Crippen LogP contribution < -0.4 is 5.32 Å². The normalized spacial score (nSPS) is 10.5. The minimum atomic E-state index is 0.851. The molecule has 0 amide bonds. The predicted octanol–water partition coefficient (Wildman–Crippen LogP) is 3.68. The SMILES string of the molecule is Cc1cccc2ncnc(Nc3ccccc3)c12. The van der Waals surface area contributed by atoms with Crippen molar-refractivity contribution in [2.75, 3.05) is 5.32 Å². The number of para-hydroxylation sites is 1. The number of fused-ring (bicyclic) bond motifs is 1. The number of nitrogens with zero attached hydrogens (tertiary/aromatic N) is 2. The molecule has 0 radical (unpaired) electrons. The van der Waals surface area contributed by atoms with E-state index >= 15 is 0 Å². The van der Waals surface area contributed by atoms with Crippen molar-refractivity contribution in [3.8, 4) is 0 Å². The van der Waals surface area contributed by atoms with E-state index in [9.17, 15) is 0 Å². The summed E-state index contributed by atoms with van der Waals surface area (Å²) in [5.74, 6) is 0.851. The first-order valence-electron chi connectivity index (χ1n) is 5.87. The lowest BCUT2D eigenvalue weighted by molar-refractivity contribution is 1.21. The highest BCUT2D eigenvalue weighted by Gasteiger charge is 2.05. The van der Waals surface area contributed by atoms with Crippen molar-refractivity contribution >= 4 is 22.4 Å². The second-order valence-electron chi connectivity index (χ2n) is 4.18. The Kier molecular flexibility index (Phi) is 2.65. The molecule has 0 aliphatic carbocycles. The van der Waals surface area contributed by atoms with Gasteiger partial charge in [0.2, 0.25) is 0 Å². The molecule has 1 N–H and O–H groups in total. The fourth-order valence-electron chi connectivity index (χ4n) is 2.03. The maximum absolute atomic E-state index is 4.34. The Morgan fingerprint density at radius 1 is 0.889 bits per heavy atom. The molecule has 1 heterocycles. The molecule has 3 rings (SSSR count). The van der Waals surface area contributed by atoms with Crippen molar-refractivity contribution in [1.29, 1.82) is 0 Å². The van der Waals surface area contributed by atoms with E-state index in [2.05, 4.69) is 28.3 Å². The first kappa shape index (κ1) is 10.7. The van der Waals surface area contributed by atoms with Crippen molar-refractivity contribution in [3.63, 3.8) is 0 Å². The smallest absolute Gasteiger partial charge is 0.141 e. The fourth-order valence-corrected chi connectivity index (χ4v) is 2.03. The summed E-state index contributed by atoms with van der Waals surface area (Å²) in [6.07, 6.45) is 1.59. The minimum absolute atomic E-state index is 0.851. The Labute approximate surface area is 106 Å². The lowest BCUT2D eigenvalue weighted by atomic mass is 10.1. The monoisotopic (exact) mass is 235 g/mol. The molecule has 0 saturated heterocycles. The van der Waals surface area contributed by atoms with Crippen LogP contribution in [0.5, 0.6) is 0 Å². The second kappa shape index (κ2) is 4.45. The van der Waals surface area contributed by atoms with Crippen LogP contribution in [0.2, 0.25) is 0 Å². The van der Waals surface area contributed by atoms with Crippen LogP contribution >= 0.6 is 0 Å². The fraction of sp³-hybridized carbons (Fsp3) is 0.0667. The highest BCUT2D eigenvalue weighted by Crippen LogP contribution is 2.25. The summed E-state index contributed by atoms with van der Waals surface area (Å²) in [6, 6.07) is 16.1. The van der Waals surface area contributed by atoms with Crippen LogP contribution in [0.15, 0.2) is 54.9 Å².